The number of carbonyl (C=O) groups is 1. The maximum absolute atomic E-state index is 12.6. The zero-order chi connectivity index (χ0) is 28.9. The molecule has 4 rings (SSSR count). The van der Waals surface area contributed by atoms with Crippen LogP contribution in [0.1, 0.15) is 12.5 Å². The minimum absolute atomic E-state index is 0.0111. The number of thiazole rings is 1. The van der Waals surface area contributed by atoms with Gasteiger partial charge in [0.2, 0.25) is 5.75 Å². The van der Waals surface area contributed by atoms with E-state index in [0.29, 0.717) is 15.2 Å². The van der Waals surface area contributed by atoms with Crippen LogP contribution in [-0.2, 0) is 17.5 Å². The minimum atomic E-state index is -4.52. The van der Waals surface area contributed by atoms with Crippen molar-refractivity contribution >= 4 is 56.4 Å². The number of hydrogen-bond acceptors (Lipinski definition) is 7. The molecule has 0 atom stereocenters. The lowest BCUT2D eigenvalue weighted by Gasteiger charge is -2.12. The number of para-hydroxylation sites is 1. The van der Waals surface area contributed by atoms with Crippen LogP contribution in [-0.4, -0.2) is 27.2 Å². The van der Waals surface area contributed by atoms with Crippen LogP contribution in [0.3, 0.4) is 0 Å². The summed E-state index contributed by atoms with van der Waals surface area (Å²) >= 11 is 12.7. The number of carboxylic acid groups (broad SMARTS) is 1. The summed E-state index contributed by atoms with van der Waals surface area (Å²) in [5.41, 5.74) is -0.655. The second kappa shape index (κ2) is 12.4. The number of nitro groups is 1. The van der Waals surface area contributed by atoms with Gasteiger partial charge in [-0.15, -0.1) is 0 Å². The molecule has 0 aliphatic rings. The van der Waals surface area contributed by atoms with Crippen molar-refractivity contribution in [2.45, 2.75) is 19.6 Å². The van der Waals surface area contributed by atoms with Gasteiger partial charge in [0.25, 0.3) is 0 Å². The smallest absolute Gasteiger partial charge is 0.416 e. The third-order valence-corrected chi connectivity index (χ3v) is 6.39. The highest BCUT2D eigenvalue weighted by atomic mass is 35.5. The largest absolute Gasteiger partial charge is 0.487 e. The summed E-state index contributed by atoms with van der Waals surface area (Å²) in [6.07, 6.45) is -4.52. The Morgan fingerprint density at radius 3 is 2.41 bits per heavy atom. The summed E-state index contributed by atoms with van der Waals surface area (Å²) in [7, 11) is 0. The first-order chi connectivity index (χ1) is 18.3. The van der Waals surface area contributed by atoms with E-state index < -0.39 is 22.6 Å². The lowest BCUT2D eigenvalue weighted by molar-refractivity contribution is -0.385. The van der Waals surface area contributed by atoms with Gasteiger partial charge in [0.1, 0.15) is 18.0 Å². The molecule has 0 bridgehead atoms. The van der Waals surface area contributed by atoms with Crippen molar-refractivity contribution in [1.82, 2.24) is 4.57 Å². The number of nitro benzene ring substituents is 1. The number of alkyl halides is 3. The van der Waals surface area contributed by atoms with Crippen LogP contribution in [0.5, 0.6) is 17.2 Å². The van der Waals surface area contributed by atoms with Crippen LogP contribution in [0.4, 0.5) is 18.9 Å². The molecule has 3 aromatic carbocycles. The fourth-order valence-electron chi connectivity index (χ4n) is 3.23. The molecule has 206 valence electrons. The Bertz CT molecular complexity index is 1590. The molecule has 1 N–H and O–H groups in total. The zero-order valence-corrected chi connectivity index (χ0v) is 22.0. The van der Waals surface area contributed by atoms with Crippen LogP contribution in [0.15, 0.2) is 59.4 Å². The molecule has 0 unspecified atom stereocenters. The lowest BCUT2D eigenvalue weighted by Crippen LogP contribution is -2.18. The van der Waals surface area contributed by atoms with Crippen molar-refractivity contribution < 1.29 is 37.5 Å². The van der Waals surface area contributed by atoms with E-state index in [1.165, 1.54) is 22.8 Å². The molecule has 0 aliphatic heterocycles. The molecule has 0 saturated heterocycles. The van der Waals surface area contributed by atoms with Gasteiger partial charge in [0.05, 0.1) is 37.4 Å². The standard InChI is InChI=1S/C15H11ClF3NO4.C9H6ClNO3S/c1-2-23-14-8-10(4-5-12(14)20(21)22)24-13-6-3-9(7-11(13)16)15(17,18)19;10-5-2-1-3-6-8(5)11(4-7(12)13)9(14)15-6/h3-8H,2H2,1H3;1-3H,4H2,(H,12,13). The number of fused-ring (bicyclic) bond motifs is 1. The van der Waals surface area contributed by atoms with E-state index in [2.05, 4.69) is 0 Å². The number of aliphatic carboxylic acids is 1. The molecule has 1 heterocycles. The van der Waals surface area contributed by atoms with Gasteiger partial charge in [-0.1, -0.05) is 40.6 Å². The summed E-state index contributed by atoms with van der Waals surface area (Å²) in [5, 5.41) is 19.7. The molecule has 4 aromatic rings. The first-order valence-electron chi connectivity index (χ1n) is 10.8. The van der Waals surface area contributed by atoms with Gasteiger partial charge in [-0.25, -0.2) is 0 Å². The Morgan fingerprint density at radius 1 is 1.10 bits per heavy atom. The molecular weight excluding hydrogens is 588 g/mol. The van der Waals surface area contributed by atoms with Crippen LogP contribution in [0, 0.1) is 10.1 Å². The van der Waals surface area contributed by atoms with Gasteiger partial charge in [0.15, 0.2) is 0 Å². The molecule has 0 saturated carbocycles. The first kappa shape index (κ1) is 29.7. The van der Waals surface area contributed by atoms with Gasteiger partial charge in [-0.3, -0.25) is 24.3 Å². The Morgan fingerprint density at radius 2 is 1.82 bits per heavy atom. The van der Waals surface area contributed by atoms with E-state index in [-0.39, 0.29) is 46.0 Å². The van der Waals surface area contributed by atoms with Crippen molar-refractivity contribution in [3.8, 4) is 17.2 Å². The topological polar surface area (TPSA) is 121 Å². The van der Waals surface area contributed by atoms with Crippen LogP contribution < -0.4 is 14.3 Å². The number of ether oxygens (including phenoxy) is 2. The number of aromatic nitrogens is 1. The van der Waals surface area contributed by atoms with Gasteiger partial charge in [0, 0.05) is 12.1 Å². The van der Waals surface area contributed by atoms with Crippen molar-refractivity contribution in [3.63, 3.8) is 0 Å². The van der Waals surface area contributed by atoms with E-state index in [1.54, 1.807) is 25.1 Å². The van der Waals surface area contributed by atoms with Crippen LogP contribution >= 0.6 is 34.5 Å². The van der Waals surface area contributed by atoms with Crippen molar-refractivity contribution in [2.75, 3.05) is 6.61 Å². The molecule has 0 aliphatic carbocycles. The second-order valence-electron chi connectivity index (χ2n) is 7.50. The maximum atomic E-state index is 12.6. The Labute approximate surface area is 231 Å². The molecule has 15 heteroatoms. The SMILES string of the molecule is CCOc1cc(Oc2ccc(C(F)(F)F)cc2Cl)ccc1[N+](=O)[O-].O=C(O)Cn1c(=O)sc2cccc(Cl)c21. The summed E-state index contributed by atoms with van der Waals surface area (Å²) in [4.78, 5) is 32.1. The fourth-order valence-corrected chi connectivity index (χ4v) is 4.70. The van der Waals surface area contributed by atoms with Crippen LogP contribution in [0.2, 0.25) is 10.0 Å². The fraction of sp³-hybridized carbons (Fsp3) is 0.167. The van der Waals surface area contributed by atoms with Gasteiger partial charge in [-0.05, 0) is 43.3 Å². The number of benzene rings is 3. The number of hydrogen-bond donors (Lipinski definition) is 1. The first-order valence-corrected chi connectivity index (χ1v) is 12.3. The van der Waals surface area contributed by atoms with Crippen molar-refractivity contribution in [1.29, 1.82) is 0 Å². The number of rotatable bonds is 7. The summed E-state index contributed by atoms with van der Waals surface area (Å²) < 4.78 is 50.3. The third kappa shape index (κ3) is 7.40. The normalized spacial score (nSPS) is 11.0. The van der Waals surface area contributed by atoms with Crippen molar-refractivity contribution in [2.24, 2.45) is 0 Å². The van der Waals surface area contributed by atoms with E-state index in [9.17, 15) is 32.9 Å². The van der Waals surface area contributed by atoms with E-state index in [4.69, 9.17) is 37.8 Å². The van der Waals surface area contributed by atoms with Crippen LogP contribution in [0.25, 0.3) is 10.2 Å². The number of carboxylic acids is 1. The molecule has 0 fully saturated rings. The maximum Gasteiger partial charge on any atom is 0.416 e. The van der Waals surface area contributed by atoms with E-state index in [1.807, 2.05) is 0 Å². The number of halogens is 5. The summed E-state index contributed by atoms with van der Waals surface area (Å²) in [6, 6.07) is 11.5. The van der Waals surface area contributed by atoms with Crippen molar-refractivity contribution in [3.05, 3.63) is 90.0 Å². The predicted octanol–water partition coefficient (Wildman–Crippen LogP) is 7.26. The lowest BCUT2D eigenvalue weighted by atomic mass is 10.2. The average molecular weight is 605 g/mol. The minimum Gasteiger partial charge on any atom is -0.487 e. The Balaban J connectivity index is 0.000000239. The van der Waals surface area contributed by atoms with E-state index >= 15 is 0 Å². The quantitative estimate of drug-likeness (QED) is 0.174. The highest BCUT2D eigenvalue weighted by Gasteiger charge is 2.31. The summed E-state index contributed by atoms with van der Waals surface area (Å²) in [6.45, 7) is 1.50. The number of nitrogens with zero attached hydrogens (tertiary/aromatic N) is 2. The zero-order valence-electron chi connectivity index (χ0n) is 19.7. The molecular formula is C24H17Cl2F3N2O7S. The predicted molar refractivity (Wildman–Crippen MR) is 140 cm³/mol. The third-order valence-electron chi connectivity index (χ3n) is 4.85. The van der Waals surface area contributed by atoms with Gasteiger partial charge >= 0.3 is 22.7 Å². The Kier molecular flexibility index (Phi) is 9.43. The molecule has 0 amide bonds. The Hall–Kier alpha value is -3.81. The average Bonchev–Trinajstić information content (AvgIpc) is 3.16. The van der Waals surface area contributed by atoms with Gasteiger partial charge in [-0.2, -0.15) is 13.2 Å². The molecule has 39 heavy (non-hydrogen) atoms. The summed E-state index contributed by atoms with van der Waals surface area (Å²) in [5.74, 6) is -0.938. The second-order valence-corrected chi connectivity index (χ2v) is 9.31. The van der Waals surface area contributed by atoms with Gasteiger partial charge < -0.3 is 14.6 Å². The van der Waals surface area contributed by atoms with E-state index in [0.717, 1.165) is 29.5 Å². The highest BCUT2D eigenvalue weighted by molar-refractivity contribution is 7.16. The molecule has 1 aromatic heterocycles. The molecule has 9 nitrogen and oxygen atoms in total. The monoisotopic (exact) mass is 604 g/mol. The molecule has 0 radical (unpaired) electrons. The highest BCUT2D eigenvalue weighted by Crippen LogP contribution is 2.38. The molecule has 0 spiro atoms.